The van der Waals surface area contributed by atoms with Crippen LogP contribution in [-0.4, -0.2) is 58.7 Å². The van der Waals surface area contributed by atoms with Gasteiger partial charge in [0.2, 0.25) is 4.77 Å². The normalized spacial score (nSPS) is 10.9. The number of nitrogens with zero attached hydrogens (tertiary/aromatic N) is 3. The zero-order valence-corrected chi connectivity index (χ0v) is 17.9. The third-order valence-electron chi connectivity index (χ3n) is 3.92. The molecule has 0 atom stereocenters. The molecule has 0 saturated carbocycles. The lowest BCUT2D eigenvalue weighted by atomic mass is 10.3. The number of sulfonamides is 1. The summed E-state index contributed by atoms with van der Waals surface area (Å²) < 4.78 is 29.4. The van der Waals surface area contributed by atoms with E-state index in [4.69, 9.17) is 17.3 Å². The summed E-state index contributed by atoms with van der Waals surface area (Å²) in [6.45, 7) is -0.335. The van der Waals surface area contributed by atoms with Crippen molar-refractivity contribution in [3.63, 3.8) is 0 Å². The number of H-pyrrole nitrogens is 1. The van der Waals surface area contributed by atoms with Crippen molar-refractivity contribution in [3.8, 4) is 5.69 Å². The molecule has 0 spiro atoms. The number of aromatic nitrogens is 4. The van der Waals surface area contributed by atoms with E-state index in [1.165, 1.54) is 41.1 Å². The Balaban J connectivity index is 1.65. The lowest BCUT2D eigenvalue weighted by Gasteiger charge is -2.11. The zero-order chi connectivity index (χ0) is 23.1. The number of rotatable bonds is 8. The molecule has 15 heteroatoms. The van der Waals surface area contributed by atoms with Crippen molar-refractivity contribution in [1.82, 2.24) is 30.9 Å². The average Bonchev–Trinajstić information content (AvgIpc) is 3.22. The van der Waals surface area contributed by atoms with Crippen molar-refractivity contribution in [2.45, 2.75) is 4.90 Å². The Morgan fingerprint density at radius 1 is 1.09 bits per heavy atom. The van der Waals surface area contributed by atoms with Gasteiger partial charge in [-0.2, -0.15) is 5.21 Å². The fourth-order valence-corrected chi connectivity index (χ4v) is 3.71. The quantitative estimate of drug-likeness (QED) is 0.143. The second kappa shape index (κ2) is 9.99. The summed E-state index contributed by atoms with van der Waals surface area (Å²) in [5, 5.41) is 20.6. The van der Waals surface area contributed by atoms with Gasteiger partial charge in [0.1, 0.15) is 0 Å². The number of anilines is 2. The molecular formula is C17H18N8O5S2. The summed E-state index contributed by atoms with van der Waals surface area (Å²) >= 11 is 5.02. The molecule has 3 aromatic rings. The average molecular weight is 479 g/mol. The maximum Gasteiger partial charge on any atom is 0.327 e. The van der Waals surface area contributed by atoms with Gasteiger partial charge in [0.15, 0.2) is 0 Å². The molecule has 6 N–H and O–H groups in total. The number of benzene rings is 2. The van der Waals surface area contributed by atoms with E-state index >= 15 is 0 Å². The van der Waals surface area contributed by atoms with E-state index in [1.54, 1.807) is 12.1 Å². The molecule has 0 bridgehead atoms. The van der Waals surface area contributed by atoms with Crippen molar-refractivity contribution in [3.05, 3.63) is 53.3 Å². The molecule has 0 radical (unpaired) electrons. The van der Waals surface area contributed by atoms with Crippen LogP contribution in [0.15, 0.2) is 53.4 Å². The van der Waals surface area contributed by atoms with Crippen LogP contribution in [0.5, 0.6) is 0 Å². The smallest absolute Gasteiger partial charge is 0.327 e. The minimum Gasteiger partial charge on any atom is -0.395 e. The highest BCUT2D eigenvalue weighted by molar-refractivity contribution is 7.92. The van der Waals surface area contributed by atoms with Crippen LogP contribution in [-0.2, 0) is 19.6 Å². The molecule has 1 aromatic heterocycles. The van der Waals surface area contributed by atoms with Gasteiger partial charge >= 0.3 is 11.8 Å². The Morgan fingerprint density at radius 2 is 1.81 bits per heavy atom. The van der Waals surface area contributed by atoms with Crippen LogP contribution < -0.4 is 20.9 Å². The highest BCUT2D eigenvalue weighted by Crippen LogP contribution is 2.20. The SMILES string of the molecule is O=C(NCCO)C(=O)NNc1ccc(NS(=O)(=O)c2cccc(-n3[nH]nnc3=S)c2)cc1. The summed E-state index contributed by atoms with van der Waals surface area (Å²) in [5.41, 5.74) is 5.82. The second-order valence-corrected chi connectivity index (χ2v) is 8.20. The zero-order valence-electron chi connectivity index (χ0n) is 16.3. The summed E-state index contributed by atoms with van der Waals surface area (Å²) in [6, 6.07) is 12.0. The van der Waals surface area contributed by atoms with Gasteiger partial charge in [-0.3, -0.25) is 25.2 Å². The van der Waals surface area contributed by atoms with Crippen molar-refractivity contribution < 1.29 is 23.1 Å². The number of aliphatic hydroxyl groups excluding tert-OH is 1. The molecule has 0 unspecified atom stereocenters. The molecule has 3 rings (SSSR count). The largest absolute Gasteiger partial charge is 0.395 e. The first-order valence-corrected chi connectivity index (χ1v) is 10.9. The first-order chi connectivity index (χ1) is 15.3. The number of hydrogen-bond acceptors (Lipinski definition) is 9. The van der Waals surface area contributed by atoms with Crippen LogP contribution >= 0.6 is 12.2 Å². The number of tetrazole rings is 1. The summed E-state index contributed by atoms with van der Waals surface area (Å²) in [7, 11) is -3.91. The van der Waals surface area contributed by atoms with Gasteiger partial charge in [0.05, 0.1) is 22.9 Å². The summed E-state index contributed by atoms with van der Waals surface area (Å²) in [4.78, 5) is 23.0. The predicted molar refractivity (Wildman–Crippen MR) is 116 cm³/mol. The fraction of sp³-hybridized carbons (Fsp3) is 0.118. The Morgan fingerprint density at radius 3 is 2.47 bits per heavy atom. The number of nitrogens with one attached hydrogen (secondary N) is 5. The van der Waals surface area contributed by atoms with Crippen molar-refractivity contribution in [2.24, 2.45) is 0 Å². The number of carbonyl (C=O) groups is 2. The molecule has 0 aliphatic heterocycles. The molecule has 0 aliphatic rings. The standard InChI is InChI=1S/C17H18N8O5S2/c26-9-8-18-15(27)16(28)20-19-11-4-6-12(7-5-11)22-32(29,30)14-3-1-2-13(10-14)25-17(31)21-23-24-25/h1-7,10,19,22,26H,8-9H2,(H,18,27)(H,20,28)(H,21,24,31). The Bertz CT molecular complexity index is 1270. The van der Waals surface area contributed by atoms with E-state index in [9.17, 15) is 18.0 Å². The molecule has 32 heavy (non-hydrogen) atoms. The van der Waals surface area contributed by atoms with Gasteiger partial charge in [-0.15, -0.1) is 0 Å². The number of aromatic amines is 1. The Hall–Kier alpha value is -3.82. The van der Waals surface area contributed by atoms with Gasteiger partial charge in [-0.25, -0.2) is 13.1 Å². The topological polar surface area (TPSA) is 183 Å². The van der Waals surface area contributed by atoms with Crippen LogP contribution in [0.3, 0.4) is 0 Å². The van der Waals surface area contributed by atoms with Crippen LogP contribution in [0.4, 0.5) is 11.4 Å². The molecule has 2 amide bonds. The molecular weight excluding hydrogens is 460 g/mol. The van der Waals surface area contributed by atoms with E-state index in [0.29, 0.717) is 11.4 Å². The van der Waals surface area contributed by atoms with E-state index in [2.05, 4.69) is 36.4 Å². The fourth-order valence-electron chi connectivity index (χ4n) is 2.43. The first kappa shape index (κ1) is 22.9. The highest BCUT2D eigenvalue weighted by Gasteiger charge is 2.16. The van der Waals surface area contributed by atoms with E-state index in [0.717, 1.165) is 0 Å². The molecule has 2 aromatic carbocycles. The lowest BCUT2D eigenvalue weighted by molar-refractivity contribution is -0.138. The third-order valence-corrected chi connectivity index (χ3v) is 5.56. The maximum atomic E-state index is 12.7. The van der Waals surface area contributed by atoms with Gasteiger partial charge in [-0.1, -0.05) is 16.4 Å². The maximum absolute atomic E-state index is 12.7. The monoisotopic (exact) mass is 478 g/mol. The molecule has 0 saturated heterocycles. The van der Waals surface area contributed by atoms with Crippen molar-refractivity contribution in [1.29, 1.82) is 0 Å². The number of aliphatic hydroxyl groups is 1. The van der Waals surface area contributed by atoms with E-state index in [1.807, 2.05) is 0 Å². The summed E-state index contributed by atoms with van der Waals surface area (Å²) in [5.74, 6) is -1.86. The molecule has 168 valence electrons. The molecule has 0 fully saturated rings. The molecule has 13 nitrogen and oxygen atoms in total. The minimum atomic E-state index is -3.91. The third kappa shape index (κ3) is 5.65. The van der Waals surface area contributed by atoms with Crippen LogP contribution in [0.25, 0.3) is 5.69 Å². The Labute approximate surface area is 186 Å². The van der Waals surface area contributed by atoms with Crippen LogP contribution in [0, 0.1) is 4.77 Å². The van der Waals surface area contributed by atoms with Gasteiger partial charge in [0.25, 0.3) is 10.0 Å². The van der Waals surface area contributed by atoms with E-state index < -0.39 is 21.8 Å². The van der Waals surface area contributed by atoms with Gasteiger partial charge < -0.3 is 10.4 Å². The number of hydrogen-bond donors (Lipinski definition) is 6. The highest BCUT2D eigenvalue weighted by atomic mass is 32.2. The molecule has 1 heterocycles. The van der Waals surface area contributed by atoms with Crippen LogP contribution in [0.2, 0.25) is 0 Å². The van der Waals surface area contributed by atoms with Crippen molar-refractivity contribution in [2.75, 3.05) is 23.3 Å². The second-order valence-electron chi connectivity index (χ2n) is 6.16. The Kier molecular flexibility index (Phi) is 7.14. The van der Waals surface area contributed by atoms with Crippen LogP contribution in [0.1, 0.15) is 0 Å². The van der Waals surface area contributed by atoms with Crippen molar-refractivity contribution >= 4 is 45.4 Å². The summed E-state index contributed by atoms with van der Waals surface area (Å²) in [6.07, 6.45) is 0. The minimum absolute atomic E-state index is 0.00476. The van der Waals surface area contributed by atoms with E-state index in [-0.39, 0.29) is 28.5 Å². The molecule has 0 aliphatic carbocycles. The number of carbonyl (C=O) groups excluding carboxylic acids is 2. The van der Waals surface area contributed by atoms with Gasteiger partial charge in [0, 0.05) is 12.2 Å². The number of hydrazine groups is 1. The first-order valence-electron chi connectivity index (χ1n) is 8.98. The predicted octanol–water partition coefficient (Wildman–Crippen LogP) is -0.323. The lowest BCUT2D eigenvalue weighted by Crippen LogP contribution is -2.43. The number of amides is 2. The van der Waals surface area contributed by atoms with Gasteiger partial charge in [-0.05, 0) is 54.7 Å².